The molecule has 0 saturated carbocycles. The number of hydrogen-bond acceptors (Lipinski definition) is 5. The predicted octanol–water partition coefficient (Wildman–Crippen LogP) is 7.09. The summed E-state index contributed by atoms with van der Waals surface area (Å²) < 4.78 is 34.4. The molecule has 0 unspecified atom stereocenters. The highest BCUT2D eigenvalue weighted by Crippen LogP contribution is 2.45. The number of carbonyl (C=O) groups is 2. The van der Waals surface area contributed by atoms with Gasteiger partial charge in [0.15, 0.2) is 0 Å². The number of hydrogen-bond donors (Lipinski definition) is 0. The van der Waals surface area contributed by atoms with E-state index in [9.17, 15) is 18.4 Å². The quantitative estimate of drug-likeness (QED) is 0.267. The monoisotopic (exact) mass is 683 g/mol. The second-order valence-corrected chi connectivity index (χ2v) is 13.0. The number of rotatable bonds is 7. The van der Waals surface area contributed by atoms with Crippen molar-refractivity contribution in [1.29, 1.82) is 0 Å². The van der Waals surface area contributed by atoms with E-state index in [2.05, 4.69) is 20.8 Å². The van der Waals surface area contributed by atoms with Crippen molar-refractivity contribution >= 4 is 30.2 Å². The van der Waals surface area contributed by atoms with Crippen molar-refractivity contribution < 1.29 is 23.1 Å². The lowest BCUT2D eigenvalue weighted by Crippen LogP contribution is -2.55. The zero-order valence-electron chi connectivity index (χ0n) is 27.9. The number of likely N-dealkylation sites (N-methyl/N-ethyl adjacent to an activating group) is 1. The average Bonchev–Trinajstić information content (AvgIpc) is 3.41. The van der Waals surface area contributed by atoms with E-state index in [0.29, 0.717) is 55.5 Å². The molecular formula is C37H48ClF2N5O3. The first-order valence-electron chi connectivity index (χ1n) is 15.7. The molecule has 0 N–H and O–H groups in total. The number of amides is 3. The molecule has 0 bridgehead atoms. The van der Waals surface area contributed by atoms with Crippen LogP contribution in [0.2, 0.25) is 0 Å². The van der Waals surface area contributed by atoms with Gasteiger partial charge in [-0.05, 0) is 65.4 Å². The minimum absolute atomic E-state index is 0. The van der Waals surface area contributed by atoms with Gasteiger partial charge < -0.3 is 14.5 Å². The molecule has 11 heteroatoms. The Labute approximate surface area is 289 Å². The lowest BCUT2D eigenvalue weighted by Gasteiger charge is -2.39. The Morgan fingerprint density at radius 3 is 1.98 bits per heavy atom. The smallest absolute Gasteiger partial charge is 0.326 e. The number of benzene rings is 3. The molecule has 0 aliphatic carbocycles. The van der Waals surface area contributed by atoms with E-state index in [1.165, 1.54) is 24.3 Å². The maximum atomic E-state index is 14.7. The fraction of sp³-hybridized carbons (Fsp3) is 0.432. The highest BCUT2D eigenvalue weighted by Gasteiger charge is 2.45. The topological polar surface area (TPSA) is 68.7 Å². The molecule has 1 fully saturated rings. The predicted molar refractivity (Wildman–Crippen MR) is 189 cm³/mol. The van der Waals surface area contributed by atoms with Crippen molar-refractivity contribution in [3.8, 4) is 5.75 Å². The van der Waals surface area contributed by atoms with Crippen molar-refractivity contribution in [2.45, 2.75) is 52.6 Å². The minimum Gasteiger partial charge on any atom is -0.493 e. The zero-order valence-corrected chi connectivity index (χ0v) is 28.7. The van der Waals surface area contributed by atoms with Crippen LogP contribution in [0.15, 0.2) is 71.7 Å². The van der Waals surface area contributed by atoms with Crippen LogP contribution in [0.1, 0.15) is 69.5 Å². The summed E-state index contributed by atoms with van der Waals surface area (Å²) in [6.07, 6.45) is 0. The molecule has 48 heavy (non-hydrogen) atoms. The first-order valence-corrected chi connectivity index (χ1v) is 15.7. The van der Waals surface area contributed by atoms with Crippen LogP contribution in [0.25, 0.3) is 0 Å². The lowest BCUT2D eigenvalue weighted by molar-refractivity contribution is -0.130. The average molecular weight is 684 g/mol. The molecule has 0 aromatic heterocycles. The Morgan fingerprint density at radius 1 is 0.896 bits per heavy atom. The molecule has 0 radical (unpaired) electrons. The van der Waals surface area contributed by atoms with E-state index in [1.807, 2.05) is 30.0 Å². The molecule has 2 atom stereocenters. The number of amidine groups is 1. The standard InChI is InChI=1S/C36H43F2N5O3.CH4.ClH/c1-7-46-30-22-26(36(2,3)4)12-17-29(30)34-39-32(24-8-13-27(37)14-9-24)33(25-10-15-28(38)16-11-25)43(34)35(45)42-20-18-41(19-21-42)23-31(44)40(5)6;;/h8-17,22,32-33H,7,18-21,23H2,1-6H3;1H4;1H/t32-,33+;;/m0../s1. The van der Waals surface area contributed by atoms with Crippen LogP contribution in [-0.4, -0.2) is 90.8 Å². The fourth-order valence-electron chi connectivity index (χ4n) is 5.89. The first kappa shape index (κ1) is 38.4. The van der Waals surface area contributed by atoms with Crippen LogP contribution >= 0.6 is 12.4 Å². The Morgan fingerprint density at radius 2 is 1.46 bits per heavy atom. The van der Waals surface area contributed by atoms with Crippen molar-refractivity contribution in [3.63, 3.8) is 0 Å². The molecule has 260 valence electrons. The molecule has 3 aromatic carbocycles. The third-order valence-corrected chi connectivity index (χ3v) is 8.58. The lowest BCUT2D eigenvalue weighted by atomic mass is 9.86. The van der Waals surface area contributed by atoms with Crippen molar-refractivity contribution in [3.05, 3.63) is 101 Å². The summed E-state index contributed by atoms with van der Waals surface area (Å²) in [5.74, 6) is 0.284. The Balaban J connectivity index is 0.00000312. The van der Waals surface area contributed by atoms with Gasteiger partial charge in [0.05, 0.1) is 24.8 Å². The van der Waals surface area contributed by atoms with E-state index in [0.717, 1.165) is 11.1 Å². The van der Waals surface area contributed by atoms with Crippen LogP contribution in [0.5, 0.6) is 5.75 Å². The van der Waals surface area contributed by atoms with Crippen LogP contribution in [0.3, 0.4) is 0 Å². The van der Waals surface area contributed by atoms with Crippen molar-refractivity contribution in [1.82, 2.24) is 19.6 Å². The van der Waals surface area contributed by atoms with E-state index < -0.39 is 12.1 Å². The third-order valence-electron chi connectivity index (χ3n) is 8.58. The summed E-state index contributed by atoms with van der Waals surface area (Å²) in [6, 6.07) is 16.7. The van der Waals surface area contributed by atoms with Gasteiger partial charge in [-0.3, -0.25) is 19.6 Å². The van der Waals surface area contributed by atoms with Crippen LogP contribution in [0.4, 0.5) is 13.6 Å². The second-order valence-electron chi connectivity index (χ2n) is 13.0. The molecule has 2 aliphatic heterocycles. The van der Waals surface area contributed by atoms with Gasteiger partial charge in [-0.2, -0.15) is 0 Å². The largest absolute Gasteiger partial charge is 0.493 e. The molecule has 1 saturated heterocycles. The molecular weight excluding hydrogens is 636 g/mol. The van der Waals surface area contributed by atoms with Gasteiger partial charge in [-0.1, -0.05) is 58.5 Å². The number of aliphatic imine (C=N–C) groups is 1. The van der Waals surface area contributed by atoms with Gasteiger partial charge in [0.2, 0.25) is 5.91 Å². The number of urea groups is 1. The van der Waals surface area contributed by atoms with Crippen molar-refractivity contribution in [2.24, 2.45) is 4.99 Å². The molecule has 3 amide bonds. The fourth-order valence-corrected chi connectivity index (χ4v) is 5.89. The SMILES string of the molecule is C.CCOc1cc(C(C)(C)C)ccc1C1=N[C@@H](c2ccc(F)cc2)[C@@H](c2ccc(F)cc2)N1C(=O)N1CCN(CC(=O)N(C)C)CC1.Cl. The van der Waals surface area contributed by atoms with Gasteiger partial charge in [0.1, 0.15) is 29.3 Å². The van der Waals surface area contributed by atoms with Gasteiger partial charge >= 0.3 is 6.03 Å². The molecule has 8 nitrogen and oxygen atoms in total. The summed E-state index contributed by atoms with van der Waals surface area (Å²) >= 11 is 0. The van der Waals surface area contributed by atoms with E-state index >= 15 is 0 Å². The summed E-state index contributed by atoms with van der Waals surface area (Å²) in [7, 11) is 3.46. The van der Waals surface area contributed by atoms with Gasteiger partial charge in [-0.15, -0.1) is 12.4 Å². The highest BCUT2D eigenvalue weighted by molar-refractivity contribution is 6.11. The zero-order chi connectivity index (χ0) is 33.2. The maximum Gasteiger partial charge on any atom is 0.326 e. The van der Waals surface area contributed by atoms with E-state index in [1.54, 1.807) is 53.1 Å². The Bertz CT molecular complexity index is 1580. The highest BCUT2D eigenvalue weighted by atomic mass is 35.5. The maximum absolute atomic E-state index is 14.7. The number of carbonyl (C=O) groups excluding carboxylic acids is 2. The van der Waals surface area contributed by atoms with Crippen LogP contribution in [0, 0.1) is 11.6 Å². The number of nitrogens with zero attached hydrogens (tertiary/aromatic N) is 5. The molecule has 3 aromatic rings. The molecule has 0 spiro atoms. The molecule has 5 rings (SSSR count). The van der Waals surface area contributed by atoms with Crippen molar-refractivity contribution in [2.75, 3.05) is 53.4 Å². The third kappa shape index (κ3) is 8.33. The van der Waals surface area contributed by atoms with Gasteiger partial charge in [0, 0.05) is 40.3 Å². The second kappa shape index (κ2) is 15.9. The molecule has 2 heterocycles. The Hall–Kier alpha value is -4.02. The summed E-state index contributed by atoms with van der Waals surface area (Å²) in [5.41, 5.74) is 3.01. The summed E-state index contributed by atoms with van der Waals surface area (Å²) in [5, 5.41) is 0. The van der Waals surface area contributed by atoms with Gasteiger partial charge in [0.25, 0.3) is 0 Å². The molecule has 2 aliphatic rings. The number of piperazine rings is 1. The van der Waals surface area contributed by atoms with E-state index in [4.69, 9.17) is 9.73 Å². The minimum atomic E-state index is -0.640. The first-order chi connectivity index (χ1) is 21.9. The normalized spacial score (nSPS) is 18.0. The summed E-state index contributed by atoms with van der Waals surface area (Å²) in [4.78, 5) is 39.3. The van der Waals surface area contributed by atoms with Crippen LogP contribution < -0.4 is 4.74 Å². The van der Waals surface area contributed by atoms with E-state index in [-0.39, 0.29) is 55.4 Å². The number of ether oxygens (including phenoxy) is 1. The van der Waals surface area contributed by atoms with Gasteiger partial charge in [-0.25, -0.2) is 13.6 Å². The van der Waals surface area contributed by atoms with Crippen LogP contribution in [-0.2, 0) is 10.2 Å². The number of halogens is 3. The summed E-state index contributed by atoms with van der Waals surface area (Å²) in [6.45, 7) is 10.9. The Kier molecular flexibility index (Phi) is 12.7.